The number of nitrogens with zero attached hydrogens (tertiary/aromatic N) is 1. The van der Waals surface area contributed by atoms with Crippen LogP contribution in [0.4, 0.5) is 5.69 Å². The molecule has 0 aliphatic rings. The molecule has 2 aromatic carbocycles. The number of hydrogen-bond donors (Lipinski definition) is 2. The van der Waals surface area contributed by atoms with Crippen molar-refractivity contribution in [3.63, 3.8) is 0 Å². The van der Waals surface area contributed by atoms with Gasteiger partial charge in [-0.05, 0) is 44.2 Å². The second-order valence-corrected chi connectivity index (χ2v) is 5.77. The average Bonchev–Trinajstić information content (AvgIpc) is 2.57. The van der Waals surface area contributed by atoms with Gasteiger partial charge in [0.05, 0.1) is 10.6 Å². The maximum absolute atomic E-state index is 12.1. The number of esters is 1. The fourth-order valence-electron chi connectivity index (χ4n) is 2.02. The van der Waals surface area contributed by atoms with E-state index in [4.69, 9.17) is 21.6 Å². The summed E-state index contributed by atoms with van der Waals surface area (Å²) in [4.78, 5) is 24.2. The fourth-order valence-corrected chi connectivity index (χ4v) is 2.24. The maximum atomic E-state index is 12.1. The number of carbonyl (C=O) groups is 2. The minimum atomic E-state index is -1.10. The minimum Gasteiger partial charge on any atom is -0.507 e. The molecule has 0 aliphatic heterocycles. The van der Waals surface area contributed by atoms with E-state index < -0.39 is 18.0 Å². The number of phenols is 1. The minimum absolute atomic E-state index is 0.0129. The van der Waals surface area contributed by atoms with Gasteiger partial charge in [-0.25, -0.2) is 4.79 Å². The second-order valence-electron chi connectivity index (χ2n) is 5.36. The van der Waals surface area contributed by atoms with Crippen molar-refractivity contribution in [2.45, 2.75) is 20.0 Å². The third-order valence-corrected chi connectivity index (χ3v) is 3.69. The SMILES string of the molecule is Cc1ccc(O)c(C(=O)O[C@H](C)C(=O)Nc2ccc(C#N)c(Cl)c2)c1. The van der Waals surface area contributed by atoms with Crippen LogP contribution in [0.3, 0.4) is 0 Å². The highest BCUT2D eigenvalue weighted by atomic mass is 35.5. The van der Waals surface area contributed by atoms with E-state index in [1.165, 1.54) is 37.3 Å². The molecular weight excluding hydrogens is 344 g/mol. The predicted molar refractivity (Wildman–Crippen MR) is 92.5 cm³/mol. The van der Waals surface area contributed by atoms with Gasteiger partial charge in [-0.3, -0.25) is 4.79 Å². The van der Waals surface area contributed by atoms with Crippen molar-refractivity contribution in [3.05, 3.63) is 58.1 Å². The topological polar surface area (TPSA) is 99.4 Å². The second kappa shape index (κ2) is 7.69. The molecule has 0 heterocycles. The number of nitriles is 1. The molecule has 7 heteroatoms. The zero-order valence-electron chi connectivity index (χ0n) is 13.5. The summed E-state index contributed by atoms with van der Waals surface area (Å²) in [5, 5.41) is 21.3. The number of ether oxygens (including phenoxy) is 1. The Kier molecular flexibility index (Phi) is 5.63. The number of phenolic OH excluding ortho intramolecular Hbond substituents is 1. The normalized spacial score (nSPS) is 11.3. The monoisotopic (exact) mass is 358 g/mol. The number of carbonyl (C=O) groups excluding carboxylic acids is 2. The van der Waals surface area contributed by atoms with Crippen LogP contribution in [0.15, 0.2) is 36.4 Å². The molecule has 1 amide bonds. The van der Waals surface area contributed by atoms with Gasteiger partial charge in [0.2, 0.25) is 0 Å². The molecule has 0 bridgehead atoms. The van der Waals surface area contributed by atoms with Crippen molar-refractivity contribution < 1.29 is 19.4 Å². The van der Waals surface area contributed by atoms with Crippen LogP contribution in [0.5, 0.6) is 5.75 Å². The molecule has 0 spiro atoms. The van der Waals surface area contributed by atoms with Crippen LogP contribution in [0.2, 0.25) is 5.02 Å². The predicted octanol–water partition coefficient (Wildman–Crippen LogP) is 3.41. The summed E-state index contributed by atoms with van der Waals surface area (Å²) >= 11 is 5.90. The van der Waals surface area contributed by atoms with E-state index in [9.17, 15) is 14.7 Å². The third-order valence-electron chi connectivity index (χ3n) is 3.38. The molecular formula is C18H15ClN2O4. The van der Waals surface area contributed by atoms with Gasteiger partial charge in [-0.2, -0.15) is 5.26 Å². The summed E-state index contributed by atoms with van der Waals surface area (Å²) in [5.74, 6) is -1.59. The average molecular weight is 359 g/mol. The van der Waals surface area contributed by atoms with E-state index in [0.717, 1.165) is 5.56 Å². The van der Waals surface area contributed by atoms with Crippen LogP contribution in [0, 0.1) is 18.3 Å². The number of aromatic hydroxyl groups is 1. The van der Waals surface area contributed by atoms with Crippen molar-refractivity contribution in [1.29, 1.82) is 5.26 Å². The lowest BCUT2D eigenvalue weighted by molar-refractivity contribution is -0.123. The first-order valence-corrected chi connectivity index (χ1v) is 7.70. The first-order chi connectivity index (χ1) is 11.8. The largest absolute Gasteiger partial charge is 0.507 e. The van der Waals surface area contributed by atoms with Gasteiger partial charge in [-0.1, -0.05) is 23.2 Å². The Labute approximate surface area is 149 Å². The lowest BCUT2D eigenvalue weighted by Crippen LogP contribution is -2.30. The van der Waals surface area contributed by atoms with Crippen LogP contribution < -0.4 is 5.32 Å². The van der Waals surface area contributed by atoms with Crippen LogP contribution in [0.25, 0.3) is 0 Å². The Hall–Kier alpha value is -3.04. The van der Waals surface area contributed by atoms with E-state index in [1.807, 2.05) is 6.07 Å². The number of hydrogen-bond acceptors (Lipinski definition) is 5. The van der Waals surface area contributed by atoms with Crippen LogP contribution >= 0.6 is 11.6 Å². The van der Waals surface area contributed by atoms with Crippen LogP contribution in [0.1, 0.15) is 28.4 Å². The summed E-state index contributed by atoms with van der Waals surface area (Å²) in [6.07, 6.45) is -1.10. The molecule has 0 saturated carbocycles. The number of rotatable bonds is 4. The molecule has 2 N–H and O–H groups in total. The molecule has 25 heavy (non-hydrogen) atoms. The first kappa shape index (κ1) is 18.3. The molecule has 0 radical (unpaired) electrons. The van der Waals surface area contributed by atoms with Crippen LogP contribution in [-0.2, 0) is 9.53 Å². The Morgan fingerprint density at radius 2 is 2.00 bits per heavy atom. The molecule has 1 atom stereocenters. The first-order valence-electron chi connectivity index (χ1n) is 7.33. The summed E-state index contributed by atoms with van der Waals surface area (Å²) in [6, 6.07) is 10.8. The molecule has 0 aromatic heterocycles. The van der Waals surface area contributed by atoms with Gasteiger partial charge in [-0.15, -0.1) is 0 Å². The van der Waals surface area contributed by atoms with Gasteiger partial charge in [0, 0.05) is 5.69 Å². The molecule has 6 nitrogen and oxygen atoms in total. The fraction of sp³-hybridized carbons (Fsp3) is 0.167. The summed E-state index contributed by atoms with van der Waals surface area (Å²) in [7, 11) is 0. The van der Waals surface area contributed by atoms with Crippen molar-refractivity contribution in [1.82, 2.24) is 0 Å². The number of anilines is 1. The number of nitrogens with one attached hydrogen (secondary N) is 1. The van der Waals surface area contributed by atoms with E-state index >= 15 is 0 Å². The number of halogens is 1. The number of amides is 1. The van der Waals surface area contributed by atoms with E-state index in [0.29, 0.717) is 5.69 Å². The van der Waals surface area contributed by atoms with Gasteiger partial charge >= 0.3 is 5.97 Å². The third kappa shape index (κ3) is 4.49. The number of benzene rings is 2. The Bertz CT molecular complexity index is 874. The lowest BCUT2D eigenvalue weighted by atomic mass is 10.1. The number of aryl methyl sites for hydroxylation is 1. The van der Waals surface area contributed by atoms with E-state index in [-0.39, 0.29) is 21.9 Å². The van der Waals surface area contributed by atoms with Crippen LogP contribution in [-0.4, -0.2) is 23.1 Å². The molecule has 0 saturated heterocycles. The lowest BCUT2D eigenvalue weighted by Gasteiger charge is -2.14. The highest BCUT2D eigenvalue weighted by Gasteiger charge is 2.21. The molecule has 2 rings (SSSR count). The molecule has 2 aromatic rings. The van der Waals surface area contributed by atoms with Crippen molar-refractivity contribution in [2.24, 2.45) is 0 Å². The van der Waals surface area contributed by atoms with Gasteiger partial charge in [0.15, 0.2) is 6.10 Å². The smallest absolute Gasteiger partial charge is 0.342 e. The van der Waals surface area contributed by atoms with Gasteiger partial charge in [0.25, 0.3) is 5.91 Å². The van der Waals surface area contributed by atoms with Crippen molar-refractivity contribution >= 4 is 29.2 Å². The van der Waals surface area contributed by atoms with Gasteiger partial charge < -0.3 is 15.2 Å². The molecule has 128 valence electrons. The maximum Gasteiger partial charge on any atom is 0.342 e. The van der Waals surface area contributed by atoms with E-state index in [2.05, 4.69) is 5.32 Å². The summed E-state index contributed by atoms with van der Waals surface area (Å²) in [6.45, 7) is 3.17. The van der Waals surface area contributed by atoms with E-state index in [1.54, 1.807) is 13.0 Å². The standard InChI is InChI=1S/C18H15ClN2O4/c1-10-3-6-16(22)14(7-10)18(24)25-11(2)17(23)21-13-5-4-12(9-20)15(19)8-13/h3-8,11,22H,1-2H3,(H,21,23)/t11-/m1/s1. The Morgan fingerprint density at radius 3 is 2.64 bits per heavy atom. The molecule has 0 unspecified atom stereocenters. The zero-order valence-corrected chi connectivity index (χ0v) is 14.3. The summed E-state index contributed by atoms with van der Waals surface area (Å²) in [5.41, 5.74) is 1.42. The Morgan fingerprint density at radius 1 is 1.28 bits per heavy atom. The highest BCUT2D eigenvalue weighted by molar-refractivity contribution is 6.32. The highest BCUT2D eigenvalue weighted by Crippen LogP contribution is 2.22. The molecule has 0 aliphatic carbocycles. The quantitative estimate of drug-likeness (QED) is 0.816. The van der Waals surface area contributed by atoms with Gasteiger partial charge in [0.1, 0.15) is 17.4 Å². The Balaban J connectivity index is 2.05. The zero-order chi connectivity index (χ0) is 18.6. The van der Waals surface area contributed by atoms with Crippen molar-refractivity contribution in [3.8, 4) is 11.8 Å². The molecule has 0 fully saturated rings. The summed E-state index contributed by atoms with van der Waals surface area (Å²) < 4.78 is 5.09. The van der Waals surface area contributed by atoms with Crippen molar-refractivity contribution in [2.75, 3.05) is 5.32 Å².